The predicted molar refractivity (Wildman–Crippen MR) is 98.8 cm³/mol. The fourth-order valence-electron chi connectivity index (χ4n) is 2.85. The number of hydrogen-bond acceptors (Lipinski definition) is 5. The first kappa shape index (κ1) is 19.9. The first-order chi connectivity index (χ1) is 12.2. The minimum Gasteiger partial charge on any atom is -0.469 e. The molecule has 1 atom stereocenters. The van der Waals surface area contributed by atoms with Crippen LogP contribution in [0, 0.1) is 0 Å². The molecule has 1 aromatic carbocycles. The average molecular weight is 361 g/mol. The van der Waals surface area contributed by atoms with E-state index < -0.39 is 12.0 Å². The summed E-state index contributed by atoms with van der Waals surface area (Å²) in [5.74, 6) is -0.961. The highest BCUT2D eigenvalue weighted by atomic mass is 16.5. The molecule has 7 heteroatoms. The summed E-state index contributed by atoms with van der Waals surface area (Å²) in [7, 11) is 1.28. The highest BCUT2D eigenvalue weighted by Crippen LogP contribution is 2.23. The van der Waals surface area contributed by atoms with E-state index in [1.807, 2.05) is 24.3 Å². The molecule has 1 heterocycles. The molecule has 142 valence electrons. The third kappa shape index (κ3) is 5.29. The van der Waals surface area contributed by atoms with Gasteiger partial charge in [0.15, 0.2) is 0 Å². The molecule has 7 nitrogen and oxygen atoms in total. The maximum absolute atomic E-state index is 12.4. The van der Waals surface area contributed by atoms with Gasteiger partial charge in [-0.3, -0.25) is 19.3 Å². The molecule has 2 rings (SSSR count). The monoisotopic (exact) mass is 361 g/mol. The van der Waals surface area contributed by atoms with Gasteiger partial charge in [0.1, 0.15) is 6.04 Å². The smallest absolute Gasteiger partial charge is 0.307 e. The molecule has 1 aliphatic rings. The summed E-state index contributed by atoms with van der Waals surface area (Å²) < 4.78 is 4.64. The van der Waals surface area contributed by atoms with Crippen molar-refractivity contribution in [1.82, 2.24) is 10.2 Å². The molecular weight excluding hydrogens is 334 g/mol. The summed E-state index contributed by atoms with van der Waals surface area (Å²) in [5.41, 5.74) is 1.93. The van der Waals surface area contributed by atoms with Crippen molar-refractivity contribution in [2.45, 2.75) is 38.6 Å². The topological polar surface area (TPSA) is 87.7 Å². The minimum absolute atomic E-state index is 0.0378. The lowest BCUT2D eigenvalue weighted by atomic mass is 9.87. The third-order valence-electron chi connectivity index (χ3n) is 4.41. The van der Waals surface area contributed by atoms with Crippen molar-refractivity contribution in [2.24, 2.45) is 0 Å². The fraction of sp³-hybridized carbons (Fsp3) is 0.526. The average Bonchev–Trinajstić information content (AvgIpc) is 2.57. The zero-order valence-electron chi connectivity index (χ0n) is 15.8. The van der Waals surface area contributed by atoms with E-state index in [9.17, 15) is 14.4 Å². The van der Waals surface area contributed by atoms with Crippen LogP contribution in [0.15, 0.2) is 24.3 Å². The van der Waals surface area contributed by atoms with E-state index in [2.05, 4.69) is 36.1 Å². The lowest BCUT2D eigenvalue weighted by Gasteiger charge is -2.33. The zero-order valence-corrected chi connectivity index (χ0v) is 15.8. The van der Waals surface area contributed by atoms with E-state index in [-0.39, 0.29) is 30.2 Å². The van der Waals surface area contributed by atoms with Gasteiger partial charge in [0.05, 0.1) is 20.1 Å². The van der Waals surface area contributed by atoms with Crippen molar-refractivity contribution in [2.75, 3.05) is 32.1 Å². The second kappa shape index (κ2) is 8.31. The number of anilines is 1. The van der Waals surface area contributed by atoms with E-state index in [0.29, 0.717) is 18.8 Å². The third-order valence-corrected chi connectivity index (χ3v) is 4.41. The Balaban J connectivity index is 1.98. The van der Waals surface area contributed by atoms with Crippen LogP contribution in [0.2, 0.25) is 0 Å². The number of esters is 1. The van der Waals surface area contributed by atoms with Crippen LogP contribution in [0.3, 0.4) is 0 Å². The number of carbonyl (C=O) groups is 3. The Morgan fingerprint density at radius 2 is 1.92 bits per heavy atom. The van der Waals surface area contributed by atoms with Crippen molar-refractivity contribution in [3.8, 4) is 0 Å². The van der Waals surface area contributed by atoms with Gasteiger partial charge in [-0.15, -0.1) is 0 Å². The Hall–Kier alpha value is -2.41. The number of rotatable bonds is 5. The van der Waals surface area contributed by atoms with E-state index in [1.54, 1.807) is 4.90 Å². The van der Waals surface area contributed by atoms with Crippen LogP contribution in [0.4, 0.5) is 5.69 Å². The molecular formula is C19H27N3O4. The molecule has 0 bridgehead atoms. The summed E-state index contributed by atoms with van der Waals surface area (Å²) >= 11 is 0. The molecule has 0 spiro atoms. The number of hydrogen-bond donors (Lipinski definition) is 2. The normalized spacial score (nSPS) is 18.2. The van der Waals surface area contributed by atoms with Crippen molar-refractivity contribution in [3.63, 3.8) is 0 Å². The Bertz CT molecular complexity index is 664. The molecule has 1 saturated heterocycles. The summed E-state index contributed by atoms with van der Waals surface area (Å²) in [5, 5.41) is 5.56. The highest BCUT2D eigenvalue weighted by Gasteiger charge is 2.33. The molecule has 0 aliphatic carbocycles. The second-order valence-electron chi connectivity index (χ2n) is 7.43. The molecule has 1 aliphatic heterocycles. The molecule has 2 N–H and O–H groups in total. The number of ether oxygens (including phenoxy) is 1. The van der Waals surface area contributed by atoms with Gasteiger partial charge in [0.25, 0.3) is 0 Å². The van der Waals surface area contributed by atoms with Crippen LogP contribution in [0.5, 0.6) is 0 Å². The summed E-state index contributed by atoms with van der Waals surface area (Å²) in [6, 6.07) is 7.03. The highest BCUT2D eigenvalue weighted by molar-refractivity contribution is 5.93. The van der Waals surface area contributed by atoms with Crippen molar-refractivity contribution in [3.05, 3.63) is 29.8 Å². The first-order valence-corrected chi connectivity index (χ1v) is 8.69. The summed E-state index contributed by atoms with van der Waals surface area (Å²) in [4.78, 5) is 37.6. The maximum Gasteiger partial charge on any atom is 0.307 e. The standard InChI is InChI=1S/C19H27N3O4/c1-19(2,3)13-5-7-14(8-6-13)21-16(23)12-22-10-9-20-18(25)15(22)11-17(24)26-4/h5-8,15H,9-12H2,1-4H3,(H,20,25)(H,21,23). The largest absolute Gasteiger partial charge is 0.469 e. The summed E-state index contributed by atoms with van der Waals surface area (Å²) in [6.07, 6.45) is -0.0735. The van der Waals surface area contributed by atoms with Gasteiger partial charge < -0.3 is 15.4 Å². The number of carbonyl (C=O) groups excluding carboxylic acids is 3. The molecule has 2 amide bonds. The number of benzene rings is 1. The van der Waals surface area contributed by atoms with E-state index in [0.717, 1.165) is 0 Å². The SMILES string of the molecule is COC(=O)CC1C(=O)NCCN1CC(=O)Nc1ccc(C(C)(C)C)cc1. The van der Waals surface area contributed by atoms with Crippen LogP contribution >= 0.6 is 0 Å². The number of piperazine rings is 1. The quantitative estimate of drug-likeness (QED) is 0.772. The maximum atomic E-state index is 12.4. The van der Waals surface area contributed by atoms with E-state index in [4.69, 9.17) is 0 Å². The van der Waals surface area contributed by atoms with Gasteiger partial charge in [-0.2, -0.15) is 0 Å². The van der Waals surface area contributed by atoms with Gasteiger partial charge in [-0.1, -0.05) is 32.9 Å². The van der Waals surface area contributed by atoms with Crippen LogP contribution < -0.4 is 10.6 Å². The van der Waals surface area contributed by atoms with E-state index >= 15 is 0 Å². The lowest BCUT2D eigenvalue weighted by Crippen LogP contribution is -2.57. The molecule has 1 unspecified atom stereocenters. The van der Waals surface area contributed by atoms with Crippen molar-refractivity contribution >= 4 is 23.5 Å². The molecule has 1 aromatic rings. The van der Waals surface area contributed by atoms with Gasteiger partial charge in [0.2, 0.25) is 11.8 Å². The molecule has 1 fully saturated rings. The molecule has 26 heavy (non-hydrogen) atoms. The molecule has 0 radical (unpaired) electrons. The predicted octanol–water partition coefficient (Wildman–Crippen LogP) is 1.29. The number of nitrogens with zero attached hydrogens (tertiary/aromatic N) is 1. The summed E-state index contributed by atoms with van der Waals surface area (Å²) in [6.45, 7) is 7.38. The van der Waals surface area contributed by atoms with Gasteiger partial charge in [0, 0.05) is 18.8 Å². The first-order valence-electron chi connectivity index (χ1n) is 8.69. The van der Waals surface area contributed by atoms with Crippen molar-refractivity contribution < 1.29 is 19.1 Å². The Morgan fingerprint density at radius 3 is 2.50 bits per heavy atom. The minimum atomic E-state index is -0.690. The molecule has 0 saturated carbocycles. The van der Waals surface area contributed by atoms with Crippen LogP contribution in [0.1, 0.15) is 32.8 Å². The lowest BCUT2D eigenvalue weighted by molar-refractivity contribution is -0.146. The second-order valence-corrected chi connectivity index (χ2v) is 7.43. The van der Waals surface area contributed by atoms with Crippen LogP contribution in [0.25, 0.3) is 0 Å². The Labute approximate surface area is 154 Å². The number of nitrogens with one attached hydrogen (secondary N) is 2. The van der Waals surface area contributed by atoms with Gasteiger partial charge in [-0.25, -0.2) is 0 Å². The number of methoxy groups -OCH3 is 1. The van der Waals surface area contributed by atoms with Crippen LogP contribution in [-0.4, -0.2) is 55.5 Å². The Morgan fingerprint density at radius 1 is 1.27 bits per heavy atom. The van der Waals surface area contributed by atoms with E-state index in [1.165, 1.54) is 12.7 Å². The number of amides is 2. The van der Waals surface area contributed by atoms with Gasteiger partial charge >= 0.3 is 5.97 Å². The van der Waals surface area contributed by atoms with Crippen molar-refractivity contribution in [1.29, 1.82) is 0 Å². The molecule has 0 aromatic heterocycles. The fourth-order valence-corrected chi connectivity index (χ4v) is 2.85. The van der Waals surface area contributed by atoms with Gasteiger partial charge in [-0.05, 0) is 23.1 Å². The van der Waals surface area contributed by atoms with Crippen LogP contribution in [-0.2, 0) is 24.5 Å². The zero-order chi connectivity index (χ0) is 19.3. The Kier molecular flexibility index (Phi) is 6.37.